The van der Waals surface area contributed by atoms with Crippen molar-refractivity contribution in [3.63, 3.8) is 0 Å². The molecular weight excluding hydrogens is 269 g/mol. The first-order chi connectivity index (χ1) is 9.72. The zero-order valence-electron chi connectivity index (χ0n) is 13.4. The molecule has 2 N–H and O–H groups in total. The number of benzene rings is 1. The van der Waals surface area contributed by atoms with Gasteiger partial charge in [0.15, 0.2) is 0 Å². The summed E-state index contributed by atoms with van der Waals surface area (Å²) >= 11 is 0. The minimum atomic E-state index is -0.320. The van der Waals surface area contributed by atoms with Gasteiger partial charge in [-0.05, 0) is 31.7 Å². The van der Waals surface area contributed by atoms with Gasteiger partial charge in [0.25, 0.3) is 0 Å². The van der Waals surface area contributed by atoms with Crippen molar-refractivity contribution in [3.8, 4) is 5.75 Å². The number of rotatable bonds is 5. The fourth-order valence-electron chi connectivity index (χ4n) is 2.80. The molecule has 1 aromatic rings. The molecule has 21 heavy (non-hydrogen) atoms. The van der Waals surface area contributed by atoms with Gasteiger partial charge in [-0.3, -0.25) is 0 Å². The smallest absolute Gasteiger partial charge is 0.127 e. The predicted molar refractivity (Wildman–Crippen MR) is 82.0 cm³/mol. The lowest BCUT2D eigenvalue weighted by molar-refractivity contribution is 0.0626. The van der Waals surface area contributed by atoms with Crippen LogP contribution in [0.15, 0.2) is 18.2 Å². The quantitative estimate of drug-likeness (QED) is 0.874. The summed E-state index contributed by atoms with van der Waals surface area (Å²) in [5.74, 6) is 0.356. The van der Waals surface area contributed by atoms with Crippen LogP contribution in [0.2, 0.25) is 0 Å². The van der Waals surface area contributed by atoms with Gasteiger partial charge in [0.05, 0.1) is 0 Å². The van der Waals surface area contributed by atoms with Gasteiger partial charge in [-0.2, -0.15) is 0 Å². The summed E-state index contributed by atoms with van der Waals surface area (Å²) in [5.41, 5.74) is 0.715. The second-order valence-electron chi connectivity index (χ2n) is 7.32. The van der Waals surface area contributed by atoms with Crippen LogP contribution in [0.3, 0.4) is 0 Å². The van der Waals surface area contributed by atoms with Gasteiger partial charge in [-0.1, -0.05) is 19.9 Å². The van der Waals surface area contributed by atoms with Gasteiger partial charge in [-0.25, -0.2) is 4.39 Å². The van der Waals surface area contributed by atoms with Crippen molar-refractivity contribution in [1.29, 1.82) is 0 Å². The average molecular weight is 295 g/mol. The number of ether oxygens (including phenoxy) is 1. The molecule has 1 unspecified atom stereocenters. The van der Waals surface area contributed by atoms with Crippen LogP contribution in [0.5, 0.6) is 5.75 Å². The van der Waals surface area contributed by atoms with E-state index < -0.39 is 0 Å². The SMILES string of the molecule is CC(C)(CCO)CNC1CC(C)(C)Oc2cc(F)ccc21. The Morgan fingerprint density at radius 1 is 1.43 bits per heavy atom. The van der Waals surface area contributed by atoms with Gasteiger partial charge < -0.3 is 15.2 Å². The first-order valence-corrected chi connectivity index (χ1v) is 7.55. The topological polar surface area (TPSA) is 41.5 Å². The molecule has 1 aliphatic rings. The lowest BCUT2D eigenvalue weighted by Gasteiger charge is -2.39. The second kappa shape index (κ2) is 5.93. The van der Waals surface area contributed by atoms with E-state index >= 15 is 0 Å². The molecule has 0 saturated carbocycles. The summed E-state index contributed by atoms with van der Waals surface area (Å²) in [5, 5.41) is 12.7. The maximum absolute atomic E-state index is 13.4. The molecule has 3 nitrogen and oxygen atoms in total. The lowest BCUT2D eigenvalue weighted by Crippen LogP contribution is -2.42. The highest BCUT2D eigenvalue weighted by Crippen LogP contribution is 2.40. The first-order valence-electron chi connectivity index (χ1n) is 7.55. The van der Waals surface area contributed by atoms with E-state index in [1.807, 2.05) is 13.8 Å². The summed E-state index contributed by atoms with van der Waals surface area (Å²) in [7, 11) is 0. The highest BCUT2D eigenvalue weighted by Gasteiger charge is 2.34. The van der Waals surface area contributed by atoms with Crippen molar-refractivity contribution >= 4 is 0 Å². The van der Waals surface area contributed by atoms with E-state index in [1.54, 1.807) is 6.07 Å². The highest BCUT2D eigenvalue weighted by molar-refractivity contribution is 5.39. The van der Waals surface area contributed by atoms with Crippen molar-refractivity contribution in [3.05, 3.63) is 29.6 Å². The number of aliphatic hydroxyl groups excluding tert-OH is 1. The molecule has 1 heterocycles. The number of hydrogen-bond acceptors (Lipinski definition) is 3. The Bertz CT molecular complexity index is 500. The van der Waals surface area contributed by atoms with Crippen LogP contribution in [-0.4, -0.2) is 23.9 Å². The molecule has 2 rings (SSSR count). The van der Waals surface area contributed by atoms with Crippen molar-refractivity contribution in [2.24, 2.45) is 5.41 Å². The van der Waals surface area contributed by atoms with Crippen LogP contribution < -0.4 is 10.1 Å². The molecule has 0 aliphatic carbocycles. The van der Waals surface area contributed by atoms with Crippen LogP contribution >= 0.6 is 0 Å². The van der Waals surface area contributed by atoms with Crippen LogP contribution in [0.4, 0.5) is 4.39 Å². The fraction of sp³-hybridized carbons (Fsp3) is 0.647. The summed E-state index contributed by atoms with van der Waals surface area (Å²) in [4.78, 5) is 0. The summed E-state index contributed by atoms with van der Waals surface area (Å²) in [6, 6.07) is 4.89. The van der Waals surface area contributed by atoms with Gasteiger partial charge in [0, 0.05) is 37.2 Å². The molecule has 0 spiro atoms. The third-order valence-electron chi connectivity index (χ3n) is 4.05. The van der Waals surface area contributed by atoms with E-state index in [4.69, 9.17) is 9.84 Å². The Kier molecular flexibility index (Phi) is 4.59. The molecule has 0 fully saturated rings. The number of halogens is 1. The van der Waals surface area contributed by atoms with Gasteiger partial charge in [0.1, 0.15) is 17.2 Å². The normalized spacial score (nSPS) is 20.8. The Balaban J connectivity index is 2.16. The predicted octanol–water partition coefficient (Wildman–Crippen LogP) is 3.43. The monoisotopic (exact) mass is 295 g/mol. The average Bonchev–Trinajstić information content (AvgIpc) is 2.34. The number of nitrogens with one attached hydrogen (secondary N) is 1. The number of aliphatic hydroxyl groups is 1. The van der Waals surface area contributed by atoms with E-state index in [0.717, 1.165) is 24.9 Å². The molecule has 1 aromatic carbocycles. The molecule has 1 aliphatic heterocycles. The van der Waals surface area contributed by atoms with Gasteiger partial charge >= 0.3 is 0 Å². The molecule has 0 amide bonds. The highest BCUT2D eigenvalue weighted by atomic mass is 19.1. The van der Waals surface area contributed by atoms with Gasteiger partial charge in [-0.15, -0.1) is 0 Å². The van der Waals surface area contributed by atoms with Crippen molar-refractivity contribution in [1.82, 2.24) is 5.32 Å². The maximum atomic E-state index is 13.4. The number of hydrogen-bond donors (Lipinski definition) is 2. The second-order valence-corrected chi connectivity index (χ2v) is 7.32. The molecule has 4 heteroatoms. The maximum Gasteiger partial charge on any atom is 0.127 e. The Hall–Kier alpha value is -1.13. The molecule has 0 aromatic heterocycles. The first kappa shape index (κ1) is 16.2. The Morgan fingerprint density at radius 3 is 2.81 bits per heavy atom. The van der Waals surface area contributed by atoms with E-state index in [2.05, 4.69) is 19.2 Å². The summed E-state index contributed by atoms with van der Waals surface area (Å²) in [6.45, 7) is 9.29. The molecule has 118 valence electrons. The van der Waals surface area contributed by atoms with E-state index in [9.17, 15) is 4.39 Å². The molecule has 0 radical (unpaired) electrons. The minimum absolute atomic E-state index is 0.0252. The lowest BCUT2D eigenvalue weighted by atomic mass is 9.86. The molecule has 1 atom stereocenters. The Morgan fingerprint density at radius 2 is 2.14 bits per heavy atom. The van der Waals surface area contributed by atoms with Crippen molar-refractivity contribution < 1.29 is 14.2 Å². The van der Waals surface area contributed by atoms with Crippen LogP contribution in [-0.2, 0) is 0 Å². The van der Waals surface area contributed by atoms with Gasteiger partial charge in [0.2, 0.25) is 0 Å². The number of fused-ring (bicyclic) bond motifs is 1. The fourth-order valence-corrected chi connectivity index (χ4v) is 2.80. The third-order valence-corrected chi connectivity index (χ3v) is 4.05. The van der Waals surface area contributed by atoms with Crippen molar-refractivity contribution in [2.75, 3.05) is 13.2 Å². The zero-order valence-corrected chi connectivity index (χ0v) is 13.4. The van der Waals surface area contributed by atoms with E-state index in [-0.39, 0.29) is 29.5 Å². The summed E-state index contributed by atoms with van der Waals surface area (Å²) in [6.07, 6.45) is 1.59. The van der Waals surface area contributed by atoms with Crippen LogP contribution in [0.25, 0.3) is 0 Å². The van der Waals surface area contributed by atoms with E-state index in [0.29, 0.717) is 5.75 Å². The van der Waals surface area contributed by atoms with E-state index in [1.165, 1.54) is 12.1 Å². The van der Waals surface area contributed by atoms with Crippen molar-refractivity contribution in [2.45, 2.75) is 52.2 Å². The zero-order chi connectivity index (χ0) is 15.7. The standard InChI is InChI=1S/C17H26FNO2/c1-16(2,7-8-20)11-19-14-10-17(3,4)21-15-9-12(18)5-6-13(14)15/h5-6,9,14,19-20H,7-8,10-11H2,1-4H3. The Labute approximate surface area is 126 Å². The van der Waals surface area contributed by atoms with Crippen LogP contribution in [0, 0.1) is 11.2 Å². The molecular formula is C17H26FNO2. The van der Waals surface area contributed by atoms with Crippen LogP contribution in [0.1, 0.15) is 52.1 Å². The molecule has 0 saturated heterocycles. The minimum Gasteiger partial charge on any atom is -0.487 e. The molecule has 0 bridgehead atoms. The summed E-state index contributed by atoms with van der Waals surface area (Å²) < 4.78 is 19.3. The third kappa shape index (κ3) is 4.17. The largest absolute Gasteiger partial charge is 0.487 e.